The number of methoxy groups -OCH3 is 1. The van der Waals surface area contributed by atoms with Gasteiger partial charge >= 0.3 is 0 Å². The first-order valence-electron chi connectivity index (χ1n) is 8.50. The van der Waals surface area contributed by atoms with Gasteiger partial charge in [0.1, 0.15) is 5.75 Å². The maximum atomic E-state index is 12.8. The summed E-state index contributed by atoms with van der Waals surface area (Å²) in [5.41, 5.74) is 2.60. The molecule has 0 heterocycles. The van der Waals surface area contributed by atoms with E-state index in [1.54, 1.807) is 31.4 Å². The van der Waals surface area contributed by atoms with Gasteiger partial charge in [-0.05, 0) is 60.2 Å². The number of nitrogens with one attached hydrogen (secondary N) is 1. The van der Waals surface area contributed by atoms with E-state index in [1.807, 2.05) is 48.5 Å². The Kier molecular flexibility index (Phi) is 6.54. The lowest BCUT2D eigenvalue weighted by Crippen LogP contribution is -2.16. The molecule has 0 fully saturated rings. The van der Waals surface area contributed by atoms with E-state index in [9.17, 15) is 4.79 Å². The van der Waals surface area contributed by atoms with Crippen LogP contribution in [-0.4, -0.2) is 12.9 Å². The number of rotatable bonds is 7. The second-order valence-corrected chi connectivity index (χ2v) is 7.47. The SMILES string of the molecule is COc1ccc(C(=O)C[C@H](Nc2cccc(Br)c2)c2ccc(Cl)cc2)cc1. The Hall–Kier alpha value is -2.30. The number of halogens is 2. The lowest BCUT2D eigenvalue weighted by Gasteiger charge is -2.20. The third kappa shape index (κ3) is 5.34. The fourth-order valence-corrected chi connectivity index (χ4v) is 3.33. The van der Waals surface area contributed by atoms with Crippen molar-refractivity contribution in [2.75, 3.05) is 12.4 Å². The molecule has 3 nitrogen and oxygen atoms in total. The highest BCUT2D eigenvalue weighted by Gasteiger charge is 2.18. The zero-order valence-electron chi connectivity index (χ0n) is 14.8. The van der Waals surface area contributed by atoms with Crippen LogP contribution >= 0.6 is 27.5 Å². The molecule has 0 amide bonds. The minimum Gasteiger partial charge on any atom is -0.497 e. The van der Waals surface area contributed by atoms with Crippen LogP contribution in [0.15, 0.2) is 77.3 Å². The molecule has 0 aliphatic rings. The van der Waals surface area contributed by atoms with Crippen molar-refractivity contribution in [1.82, 2.24) is 0 Å². The monoisotopic (exact) mass is 443 g/mol. The van der Waals surface area contributed by atoms with Gasteiger partial charge in [-0.2, -0.15) is 0 Å². The first kappa shape index (κ1) is 19.5. The number of hydrogen-bond acceptors (Lipinski definition) is 3. The molecule has 3 aromatic rings. The third-order valence-electron chi connectivity index (χ3n) is 4.24. The zero-order valence-corrected chi connectivity index (χ0v) is 17.1. The molecular weight excluding hydrogens is 426 g/mol. The number of anilines is 1. The van der Waals surface area contributed by atoms with E-state index in [4.69, 9.17) is 16.3 Å². The van der Waals surface area contributed by atoms with Crippen LogP contribution in [-0.2, 0) is 0 Å². The maximum absolute atomic E-state index is 12.8. The highest BCUT2D eigenvalue weighted by Crippen LogP contribution is 2.27. The van der Waals surface area contributed by atoms with Crippen LogP contribution in [0.2, 0.25) is 5.02 Å². The Labute approximate surface area is 172 Å². The summed E-state index contributed by atoms with van der Waals surface area (Å²) in [7, 11) is 1.61. The van der Waals surface area contributed by atoms with Crippen LogP contribution in [0.25, 0.3) is 0 Å². The van der Waals surface area contributed by atoms with Gasteiger partial charge in [-0.25, -0.2) is 0 Å². The topological polar surface area (TPSA) is 38.3 Å². The van der Waals surface area contributed by atoms with Gasteiger partial charge in [0, 0.05) is 27.2 Å². The van der Waals surface area contributed by atoms with Gasteiger partial charge in [0.2, 0.25) is 0 Å². The van der Waals surface area contributed by atoms with E-state index in [1.165, 1.54) is 0 Å². The number of Topliss-reactive ketones (excluding diaryl/α,β-unsaturated/α-hetero) is 1. The van der Waals surface area contributed by atoms with E-state index in [-0.39, 0.29) is 11.8 Å². The summed E-state index contributed by atoms with van der Waals surface area (Å²) < 4.78 is 6.14. The molecule has 0 saturated carbocycles. The molecule has 27 heavy (non-hydrogen) atoms. The number of carbonyl (C=O) groups is 1. The second kappa shape index (κ2) is 9.07. The smallest absolute Gasteiger partial charge is 0.165 e. The number of carbonyl (C=O) groups excluding carboxylic acids is 1. The van der Waals surface area contributed by atoms with Crippen LogP contribution in [0.3, 0.4) is 0 Å². The average Bonchev–Trinajstić information content (AvgIpc) is 2.68. The molecule has 0 spiro atoms. The lowest BCUT2D eigenvalue weighted by molar-refractivity contribution is 0.0976. The highest BCUT2D eigenvalue weighted by molar-refractivity contribution is 9.10. The van der Waals surface area contributed by atoms with E-state index in [0.29, 0.717) is 17.0 Å². The molecule has 3 aromatic carbocycles. The third-order valence-corrected chi connectivity index (χ3v) is 4.98. The molecule has 138 valence electrons. The largest absolute Gasteiger partial charge is 0.497 e. The molecule has 0 radical (unpaired) electrons. The van der Waals surface area contributed by atoms with Crippen molar-refractivity contribution in [3.05, 3.63) is 93.4 Å². The van der Waals surface area contributed by atoms with Gasteiger partial charge in [0.15, 0.2) is 5.78 Å². The second-order valence-electron chi connectivity index (χ2n) is 6.11. The standard InChI is InChI=1S/C22H19BrClNO2/c1-27-20-11-7-16(8-12-20)22(26)14-21(15-5-9-18(24)10-6-15)25-19-4-2-3-17(23)13-19/h2-13,21,25H,14H2,1H3/t21-/m0/s1. The Morgan fingerprint density at radius 1 is 1.07 bits per heavy atom. The van der Waals surface area contributed by atoms with Gasteiger partial charge in [-0.3, -0.25) is 4.79 Å². The van der Waals surface area contributed by atoms with Crippen molar-refractivity contribution in [3.63, 3.8) is 0 Å². The normalized spacial score (nSPS) is 11.7. The number of ether oxygens (including phenoxy) is 1. The Morgan fingerprint density at radius 2 is 1.78 bits per heavy atom. The molecule has 0 unspecified atom stereocenters. The molecule has 0 aliphatic heterocycles. The summed E-state index contributed by atoms with van der Waals surface area (Å²) in [6.45, 7) is 0. The van der Waals surface area contributed by atoms with Crippen molar-refractivity contribution in [3.8, 4) is 5.75 Å². The molecular formula is C22H19BrClNO2. The number of ketones is 1. The quantitative estimate of drug-likeness (QED) is 0.421. The van der Waals surface area contributed by atoms with Crippen molar-refractivity contribution >= 4 is 39.0 Å². The minimum atomic E-state index is -0.175. The summed E-state index contributed by atoms with van der Waals surface area (Å²) in [5.74, 6) is 0.785. The maximum Gasteiger partial charge on any atom is 0.165 e. The van der Waals surface area contributed by atoms with Crippen LogP contribution < -0.4 is 10.1 Å². The van der Waals surface area contributed by atoms with Crippen molar-refractivity contribution < 1.29 is 9.53 Å². The molecule has 0 saturated heterocycles. The first-order valence-corrected chi connectivity index (χ1v) is 9.67. The van der Waals surface area contributed by atoms with Crippen LogP contribution in [0.4, 0.5) is 5.69 Å². The number of benzene rings is 3. The fourth-order valence-electron chi connectivity index (χ4n) is 2.81. The molecule has 1 N–H and O–H groups in total. The molecule has 1 atom stereocenters. The summed E-state index contributed by atoms with van der Waals surface area (Å²) in [6, 6.07) is 22.4. The van der Waals surface area contributed by atoms with Gasteiger partial charge < -0.3 is 10.1 Å². The Balaban J connectivity index is 1.84. The molecule has 0 bridgehead atoms. The first-order chi connectivity index (χ1) is 13.0. The van der Waals surface area contributed by atoms with Gasteiger partial charge in [0.05, 0.1) is 13.2 Å². The predicted molar refractivity (Wildman–Crippen MR) is 114 cm³/mol. The van der Waals surface area contributed by atoms with Crippen LogP contribution in [0.5, 0.6) is 5.75 Å². The molecule has 0 aliphatic carbocycles. The predicted octanol–water partition coefficient (Wildman–Crippen LogP) is 6.54. The average molecular weight is 445 g/mol. The number of hydrogen-bond donors (Lipinski definition) is 1. The molecule has 5 heteroatoms. The summed E-state index contributed by atoms with van der Waals surface area (Å²) in [4.78, 5) is 12.8. The lowest BCUT2D eigenvalue weighted by atomic mass is 9.97. The fraction of sp³-hybridized carbons (Fsp3) is 0.136. The van der Waals surface area contributed by atoms with Crippen molar-refractivity contribution in [2.45, 2.75) is 12.5 Å². The van der Waals surface area contributed by atoms with Gasteiger partial charge in [0.25, 0.3) is 0 Å². The highest BCUT2D eigenvalue weighted by atomic mass is 79.9. The van der Waals surface area contributed by atoms with E-state index < -0.39 is 0 Å². The van der Waals surface area contributed by atoms with Crippen molar-refractivity contribution in [1.29, 1.82) is 0 Å². The van der Waals surface area contributed by atoms with E-state index in [2.05, 4.69) is 21.2 Å². The van der Waals surface area contributed by atoms with Crippen LogP contribution in [0, 0.1) is 0 Å². The zero-order chi connectivity index (χ0) is 19.2. The summed E-state index contributed by atoms with van der Waals surface area (Å²) >= 11 is 9.50. The Bertz CT molecular complexity index is 910. The summed E-state index contributed by atoms with van der Waals surface area (Å²) in [6.07, 6.45) is 0.320. The minimum absolute atomic E-state index is 0.0556. The summed E-state index contributed by atoms with van der Waals surface area (Å²) in [5, 5.41) is 4.13. The van der Waals surface area contributed by atoms with Crippen molar-refractivity contribution in [2.24, 2.45) is 0 Å². The van der Waals surface area contributed by atoms with Gasteiger partial charge in [-0.1, -0.05) is 45.7 Å². The molecule has 3 rings (SSSR count). The molecule has 0 aromatic heterocycles. The van der Waals surface area contributed by atoms with E-state index in [0.717, 1.165) is 21.5 Å². The Morgan fingerprint density at radius 3 is 2.41 bits per heavy atom. The van der Waals surface area contributed by atoms with Gasteiger partial charge in [-0.15, -0.1) is 0 Å². The van der Waals surface area contributed by atoms with Crippen LogP contribution in [0.1, 0.15) is 28.4 Å². The van der Waals surface area contributed by atoms with E-state index >= 15 is 0 Å².